The summed E-state index contributed by atoms with van der Waals surface area (Å²) in [5.41, 5.74) is 5.95. The van der Waals surface area contributed by atoms with E-state index in [-0.39, 0.29) is 31.0 Å². The maximum atomic E-state index is 12.7. The van der Waals surface area contributed by atoms with Crippen molar-refractivity contribution in [3.05, 3.63) is 59.7 Å². The first-order valence-electron chi connectivity index (χ1n) is 8.18. The summed E-state index contributed by atoms with van der Waals surface area (Å²) in [7, 11) is 0. The number of hydrogen-bond acceptors (Lipinski definition) is 3. The van der Waals surface area contributed by atoms with Crippen molar-refractivity contribution in [1.82, 2.24) is 0 Å². The molecule has 1 amide bonds. The molecule has 0 aliphatic carbocycles. The van der Waals surface area contributed by atoms with E-state index in [0.29, 0.717) is 29.8 Å². The predicted molar refractivity (Wildman–Crippen MR) is 101 cm³/mol. The molecular formula is C19H22ClF3N2O2. The van der Waals surface area contributed by atoms with E-state index in [1.807, 2.05) is 6.92 Å². The molecular weight excluding hydrogens is 381 g/mol. The molecule has 1 atom stereocenters. The normalized spacial score (nSPS) is 12.0. The molecule has 0 aromatic heterocycles. The Morgan fingerprint density at radius 3 is 2.44 bits per heavy atom. The third-order valence-electron chi connectivity index (χ3n) is 3.62. The van der Waals surface area contributed by atoms with Crippen LogP contribution in [0.1, 0.15) is 30.9 Å². The van der Waals surface area contributed by atoms with E-state index in [0.717, 1.165) is 12.1 Å². The molecule has 8 heteroatoms. The summed E-state index contributed by atoms with van der Waals surface area (Å²) >= 11 is 0. The van der Waals surface area contributed by atoms with Crippen LogP contribution in [0.4, 0.5) is 18.9 Å². The van der Waals surface area contributed by atoms with Gasteiger partial charge in [-0.05, 0) is 55.3 Å². The molecule has 0 bridgehead atoms. The smallest absolute Gasteiger partial charge is 0.416 e. The van der Waals surface area contributed by atoms with Gasteiger partial charge in [0.05, 0.1) is 5.56 Å². The largest absolute Gasteiger partial charge is 0.489 e. The zero-order valence-electron chi connectivity index (χ0n) is 14.8. The molecule has 148 valence electrons. The second kappa shape index (κ2) is 10.2. The van der Waals surface area contributed by atoms with E-state index in [1.54, 1.807) is 30.3 Å². The quantitative estimate of drug-likeness (QED) is 0.701. The number of benzene rings is 2. The summed E-state index contributed by atoms with van der Waals surface area (Å²) in [4.78, 5) is 11.7. The van der Waals surface area contributed by atoms with Gasteiger partial charge in [-0.25, -0.2) is 0 Å². The van der Waals surface area contributed by atoms with Crippen molar-refractivity contribution < 1.29 is 22.7 Å². The van der Waals surface area contributed by atoms with Crippen molar-refractivity contribution in [2.75, 3.05) is 5.32 Å². The van der Waals surface area contributed by atoms with E-state index in [2.05, 4.69) is 5.32 Å². The SMILES string of the molecule is CC(N)CCC(=O)Nc1ccc(OCc2cccc(C(F)(F)F)c2)cc1.Cl. The van der Waals surface area contributed by atoms with Gasteiger partial charge < -0.3 is 15.8 Å². The highest BCUT2D eigenvalue weighted by atomic mass is 35.5. The molecule has 0 aliphatic rings. The number of rotatable bonds is 7. The van der Waals surface area contributed by atoms with Crippen LogP contribution in [0.25, 0.3) is 0 Å². The number of halogens is 4. The maximum absolute atomic E-state index is 12.7. The lowest BCUT2D eigenvalue weighted by Gasteiger charge is -2.11. The molecule has 0 fully saturated rings. The van der Waals surface area contributed by atoms with Crippen molar-refractivity contribution in [2.24, 2.45) is 5.73 Å². The average molecular weight is 403 g/mol. The minimum atomic E-state index is -4.38. The Bertz CT molecular complexity index is 734. The molecule has 0 aliphatic heterocycles. The van der Waals surface area contributed by atoms with E-state index < -0.39 is 11.7 Å². The summed E-state index contributed by atoms with van der Waals surface area (Å²) in [6.45, 7) is 1.85. The van der Waals surface area contributed by atoms with Crippen molar-refractivity contribution in [3.8, 4) is 5.75 Å². The van der Waals surface area contributed by atoms with Gasteiger partial charge in [0.15, 0.2) is 0 Å². The average Bonchev–Trinajstić information content (AvgIpc) is 2.59. The van der Waals surface area contributed by atoms with E-state index >= 15 is 0 Å². The zero-order chi connectivity index (χ0) is 19.2. The number of hydrogen-bond donors (Lipinski definition) is 2. The molecule has 2 aromatic rings. The second-order valence-electron chi connectivity index (χ2n) is 6.08. The molecule has 0 radical (unpaired) electrons. The Labute approximate surface area is 162 Å². The van der Waals surface area contributed by atoms with Crippen LogP contribution in [0.2, 0.25) is 0 Å². The minimum Gasteiger partial charge on any atom is -0.489 e. The Kier molecular flexibility index (Phi) is 8.59. The molecule has 1 unspecified atom stereocenters. The van der Waals surface area contributed by atoms with Crippen LogP contribution < -0.4 is 15.8 Å². The van der Waals surface area contributed by atoms with Gasteiger partial charge in [-0.15, -0.1) is 12.4 Å². The summed E-state index contributed by atoms with van der Waals surface area (Å²) < 4.78 is 43.6. The fourth-order valence-electron chi connectivity index (χ4n) is 2.22. The zero-order valence-corrected chi connectivity index (χ0v) is 15.6. The first-order chi connectivity index (χ1) is 12.2. The molecule has 3 N–H and O–H groups in total. The van der Waals surface area contributed by atoms with Crippen LogP contribution in [-0.4, -0.2) is 11.9 Å². The van der Waals surface area contributed by atoms with Gasteiger partial charge in [-0.1, -0.05) is 12.1 Å². The van der Waals surface area contributed by atoms with Crippen LogP contribution in [0.5, 0.6) is 5.75 Å². The highest BCUT2D eigenvalue weighted by molar-refractivity contribution is 5.90. The summed E-state index contributed by atoms with van der Waals surface area (Å²) in [6.07, 6.45) is -3.44. The van der Waals surface area contributed by atoms with Crippen LogP contribution in [0.3, 0.4) is 0 Å². The number of nitrogens with one attached hydrogen (secondary N) is 1. The van der Waals surface area contributed by atoms with E-state index in [4.69, 9.17) is 10.5 Å². The Morgan fingerprint density at radius 1 is 1.19 bits per heavy atom. The Hall–Kier alpha value is -2.25. The summed E-state index contributed by atoms with van der Waals surface area (Å²) in [5.74, 6) is 0.371. The lowest BCUT2D eigenvalue weighted by molar-refractivity contribution is -0.137. The number of carbonyl (C=O) groups excluding carboxylic acids is 1. The second-order valence-corrected chi connectivity index (χ2v) is 6.08. The van der Waals surface area contributed by atoms with Gasteiger partial charge in [-0.2, -0.15) is 13.2 Å². The fraction of sp³-hybridized carbons (Fsp3) is 0.316. The molecule has 0 saturated carbocycles. The lowest BCUT2D eigenvalue weighted by atomic mass is 10.1. The van der Waals surface area contributed by atoms with Gasteiger partial charge >= 0.3 is 6.18 Å². The predicted octanol–water partition coefficient (Wildman–Crippen LogP) is 4.77. The molecule has 4 nitrogen and oxygen atoms in total. The lowest BCUT2D eigenvalue weighted by Crippen LogP contribution is -2.19. The first kappa shape index (κ1) is 22.8. The Balaban J connectivity index is 0.00000364. The van der Waals surface area contributed by atoms with E-state index in [9.17, 15) is 18.0 Å². The topological polar surface area (TPSA) is 64.4 Å². The number of anilines is 1. The highest BCUT2D eigenvalue weighted by Crippen LogP contribution is 2.29. The van der Waals surface area contributed by atoms with E-state index in [1.165, 1.54) is 6.07 Å². The molecule has 27 heavy (non-hydrogen) atoms. The van der Waals surface area contributed by atoms with Crippen LogP contribution in [0, 0.1) is 0 Å². The van der Waals surface area contributed by atoms with Crippen molar-refractivity contribution in [3.63, 3.8) is 0 Å². The van der Waals surface area contributed by atoms with Gasteiger partial charge in [-0.3, -0.25) is 4.79 Å². The minimum absolute atomic E-state index is 0. The molecule has 0 spiro atoms. The number of nitrogens with two attached hydrogens (primary N) is 1. The van der Waals surface area contributed by atoms with Gasteiger partial charge in [0, 0.05) is 18.2 Å². The van der Waals surface area contributed by atoms with Crippen LogP contribution >= 0.6 is 12.4 Å². The third-order valence-corrected chi connectivity index (χ3v) is 3.62. The molecule has 2 aromatic carbocycles. The number of carbonyl (C=O) groups is 1. The third kappa shape index (κ3) is 7.88. The monoisotopic (exact) mass is 402 g/mol. The standard InChI is InChI=1S/C19H21F3N2O2.ClH/c1-13(23)5-10-18(25)24-16-6-8-17(9-7-16)26-12-14-3-2-4-15(11-14)19(20,21)22;/h2-4,6-9,11,13H,5,10,12,23H2,1H3,(H,24,25);1H. The van der Waals surface area contributed by atoms with Gasteiger partial charge in [0.1, 0.15) is 12.4 Å². The number of ether oxygens (including phenoxy) is 1. The fourth-order valence-corrected chi connectivity index (χ4v) is 2.22. The molecule has 2 rings (SSSR count). The molecule has 0 saturated heterocycles. The summed E-state index contributed by atoms with van der Waals surface area (Å²) in [6, 6.07) is 11.6. The van der Waals surface area contributed by atoms with Crippen molar-refractivity contribution >= 4 is 24.0 Å². The van der Waals surface area contributed by atoms with Crippen molar-refractivity contribution in [1.29, 1.82) is 0 Å². The summed E-state index contributed by atoms with van der Waals surface area (Å²) in [5, 5.41) is 2.75. The highest BCUT2D eigenvalue weighted by Gasteiger charge is 2.30. The first-order valence-corrected chi connectivity index (χ1v) is 8.18. The van der Waals surface area contributed by atoms with Gasteiger partial charge in [0.25, 0.3) is 0 Å². The Morgan fingerprint density at radius 2 is 1.85 bits per heavy atom. The number of amides is 1. The van der Waals surface area contributed by atoms with Crippen molar-refractivity contribution in [2.45, 2.75) is 38.6 Å². The van der Waals surface area contributed by atoms with Gasteiger partial charge in [0.2, 0.25) is 5.91 Å². The molecule has 0 heterocycles. The number of alkyl halides is 3. The van der Waals surface area contributed by atoms with Crippen LogP contribution in [-0.2, 0) is 17.6 Å². The maximum Gasteiger partial charge on any atom is 0.416 e. The van der Waals surface area contributed by atoms with Crippen LogP contribution in [0.15, 0.2) is 48.5 Å².